The van der Waals surface area contributed by atoms with Crippen molar-refractivity contribution >= 4 is 11.5 Å². The van der Waals surface area contributed by atoms with Gasteiger partial charge in [0, 0.05) is 25.5 Å². The minimum atomic E-state index is -0.201. The highest BCUT2D eigenvalue weighted by molar-refractivity contribution is 6.19. The van der Waals surface area contributed by atoms with Crippen molar-refractivity contribution in [2.45, 2.75) is 25.7 Å². The van der Waals surface area contributed by atoms with Crippen molar-refractivity contribution in [1.29, 1.82) is 0 Å². The normalized spacial score (nSPS) is 24.2. The van der Waals surface area contributed by atoms with Crippen LogP contribution in [0.3, 0.4) is 0 Å². The largest absolute Gasteiger partial charge is 0.456 e. The monoisotopic (exact) mass is 313 g/mol. The van der Waals surface area contributed by atoms with E-state index >= 15 is 0 Å². The Labute approximate surface area is 136 Å². The first-order valence-electron chi connectivity index (χ1n) is 8.54. The van der Waals surface area contributed by atoms with Crippen molar-refractivity contribution in [3.05, 3.63) is 35.8 Å². The van der Waals surface area contributed by atoms with Crippen LogP contribution in [0.1, 0.15) is 31.2 Å². The van der Waals surface area contributed by atoms with Crippen LogP contribution in [0.4, 0.5) is 0 Å². The zero-order valence-electron chi connectivity index (χ0n) is 13.4. The summed E-state index contributed by atoms with van der Waals surface area (Å²) in [5, 5.41) is 3.46. The van der Waals surface area contributed by atoms with E-state index in [9.17, 15) is 4.79 Å². The van der Waals surface area contributed by atoms with E-state index in [2.05, 4.69) is 15.2 Å². The number of cyclic esters (lactones) is 1. The number of carbonyl (C=O) groups excluding carboxylic acids is 1. The van der Waals surface area contributed by atoms with Crippen LogP contribution < -0.4 is 5.32 Å². The summed E-state index contributed by atoms with van der Waals surface area (Å²) < 4.78 is 5.34. The molecule has 0 aromatic carbocycles. The molecule has 5 heteroatoms. The van der Waals surface area contributed by atoms with E-state index in [1.54, 1.807) is 12.4 Å². The van der Waals surface area contributed by atoms with Gasteiger partial charge in [-0.15, -0.1) is 0 Å². The zero-order chi connectivity index (χ0) is 15.7. The van der Waals surface area contributed by atoms with E-state index in [-0.39, 0.29) is 5.97 Å². The number of rotatable bonds is 2. The predicted molar refractivity (Wildman–Crippen MR) is 87.5 cm³/mol. The summed E-state index contributed by atoms with van der Waals surface area (Å²) in [6, 6.07) is 3.78. The maximum atomic E-state index is 12.2. The first kappa shape index (κ1) is 14.7. The number of nitrogens with zero attached hydrogens (tertiary/aromatic N) is 2. The summed E-state index contributed by atoms with van der Waals surface area (Å²) >= 11 is 0. The molecule has 1 aromatic heterocycles. The highest BCUT2D eigenvalue weighted by Gasteiger charge is 2.38. The number of aromatic nitrogens is 1. The minimum Gasteiger partial charge on any atom is -0.456 e. The van der Waals surface area contributed by atoms with Crippen LogP contribution in [0.25, 0.3) is 5.57 Å². The fourth-order valence-corrected chi connectivity index (χ4v) is 4.16. The molecule has 2 fully saturated rings. The van der Waals surface area contributed by atoms with Gasteiger partial charge < -0.3 is 15.0 Å². The van der Waals surface area contributed by atoms with Crippen LogP contribution in [0, 0.1) is 5.41 Å². The van der Waals surface area contributed by atoms with Crippen molar-refractivity contribution in [3.63, 3.8) is 0 Å². The van der Waals surface area contributed by atoms with Gasteiger partial charge in [0.25, 0.3) is 0 Å². The summed E-state index contributed by atoms with van der Waals surface area (Å²) in [5.41, 5.74) is 3.22. The van der Waals surface area contributed by atoms with Gasteiger partial charge in [0.1, 0.15) is 6.61 Å². The average Bonchev–Trinajstić information content (AvgIpc) is 2.99. The summed E-state index contributed by atoms with van der Waals surface area (Å²) in [6.45, 7) is 4.76. The maximum absolute atomic E-state index is 12.2. The lowest BCUT2D eigenvalue weighted by molar-refractivity contribution is -0.134. The third kappa shape index (κ3) is 2.74. The Balaban J connectivity index is 1.55. The fraction of sp³-hybridized carbons (Fsp3) is 0.556. The Bertz CT molecular complexity index is 610. The first-order chi connectivity index (χ1) is 11.3. The minimum absolute atomic E-state index is 0.201. The van der Waals surface area contributed by atoms with Crippen LogP contribution in [-0.2, 0) is 9.53 Å². The van der Waals surface area contributed by atoms with Gasteiger partial charge in [-0.3, -0.25) is 4.98 Å². The number of ether oxygens (including phenoxy) is 1. The molecule has 4 heterocycles. The van der Waals surface area contributed by atoms with Crippen molar-refractivity contribution in [2.75, 3.05) is 32.8 Å². The summed E-state index contributed by atoms with van der Waals surface area (Å²) in [6.07, 6.45) is 8.46. The Hall–Kier alpha value is -1.88. The van der Waals surface area contributed by atoms with Gasteiger partial charge in [-0.1, -0.05) is 0 Å². The number of likely N-dealkylation sites (tertiary alicyclic amines) is 1. The second-order valence-corrected chi connectivity index (χ2v) is 6.87. The molecule has 3 aliphatic heterocycles. The number of nitrogens with one attached hydrogen (secondary N) is 1. The first-order valence-corrected chi connectivity index (χ1v) is 8.54. The molecule has 0 unspecified atom stereocenters. The Morgan fingerprint density at radius 3 is 2.48 bits per heavy atom. The molecule has 23 heavy (non-hydrogen) atoms. The molecule has 0 aliphatic carbocycles. The van der Waals surface area contributed by atoms with E-state index in [4.69, 9.17) is 4.74 Å². The number of carbonyl (C=O) groups is 1. The molecule has 1 spiro atoms. The lowest BCUT2D eigenvalue weighted by Gasteiger charge is -2.45. The molecule has 3 aliphatic rings. The summed E-state index contributed by atoms with van der Waals surface area (Å²) in [7, 11) is 0. The maximum Gasteiger partial charge on any atom is 0.341 e. The molecule has 122 valence electrons. The highest BCUT2D eigenvalue weighted by atomic mass is 16.5. The summed E-state index contributed by atoms with van der Waals surface area (Å²) in [4.78, 5) is 18.6. The highest BCUT2D eigenvalue weighted by Crippen LogP contribution is 2.41. The lowest BCUT2D eigenvalue weighted by atomic mass is 9.71. The average molecular weight is 313 g/mol. The van der Waals surface area contributed by atoms with Crippen molar-refractivity contribution in [1.82, 2.24) is 15.2 Å². The number of hydrogen-bond donors (Lipinski definition) is 1. The third-order valence-electron chi connectivity index (χ3n) is 5.67. The predicted octanol–water partition coefficient (Wildman–Crippen LogP) is 1.82. The smallest absolute Gasteiger partial charge is 0.341 e. The molecular weight excluding hydrogens is 290 g/mol. The SMILES string of the molecule is O=C1OCC(N2CCC3(CCNCC3)CC2)=C1c1ccncc1. The standard InChI is InChI=1S/C18H23N3O2/c22-17-16(14-1-7-19-8-2-14)15(13-23-17)21-11-5-18(6-12-21)3-9-20-10-4-18/h1-2,7-8,20H,3-6,9-13H2. The van der Waals surface area contributed by atoms with Gasteiger partial charge in [0.15, 0.2) is 0 Å². The quantitative estimate of drug-likeness (QED) is 0.844. The Morgan fingerprint density at radius 1 is 1.09 bits per heavy atom. The molecule has 0 bridgehead atoms. The van der Waals surface area contributed by atoms with Crippen molar-refractivity contribution in [2.24, 2.45) is 5.41 Å². The van der Waals surface area contributed by atoms with Gasteiger partial charge in [0.05, 0.1) is 11.3 Å². The molecule has 4 rings (SSSR count). The molecule has 0 atom stereocenters. The topological polar surface area (TPSA) is 54.5 Å². The van der Waals surface area contributed by atoms with Gasteiger partial charge in [-0.2, -0.15) is 0 Å². The van der Waals surface area contributed by atoms with Crippen LogP contribution in [0.5, 0.6) is 0 Å². The molecule has 1 N–H and O–H groups in total. The number of piperidine rings is 2. The van der Waals surface area contributed by atoms with Gasteiger partial charge >= 0.3 is 5.97 Å². The van der Waals surface area contributed by atoms with Gasteiger partial charge in [-0.25, -0.2) is 4.79 Å². The molecule has 2 saturated heterocycles. The second kappa shape index (κ2) is 5.96. The second-order valence-electron chi connectivity index (χ2n) is 6.87. The molecule has 1 aromatic rings. The van der Waals surface area contributed by atoms with E-state index in [1.165, 1.54) is 25.7 Å². The number of esters is 1. The third-order valence-corrected chi connectivity index (χ3v) is 5.67. The van der Waals surface area contributed by atoms with E-state index < -0.39 is 0 Å². The zero-order valence-corrected chi connectivity index (χ0v) is 13.4. The van der Waals surface area contributed by atoms with Crippen LogP contribution in [-0.4, -0.2) is 48.6 Å². The Kier molecular flexibility index (Phi) is 3.81. The van der Waals surface area contributed by atoms with Crippen LogP contribution >= 0.6 is 0 Å². The Morgan fingerprint density at radius 2 is 1.78 bits per heavy atom. The van der Waals surface area contributed by atoms with Crippen LogP contribution in [0.2, 0.25) is 0 Å². The lowest BCUT2D eigenvalue weighted by Crippen LogP contribution is -2.45. The molecule has 0 saturated carbocycles. The van der Waals surface area contributed by atoms with Crippen LogP contribution in [0.15, 0.2) is 30.2 Å². The van der Waals surface area contributed by atoms with E-state index in [0.29, 0.717) is 12.0 Å². The molecule has 0 radical (unpaired) electrons. The molecule has 0 amide bonds. The number of pyridine rings is 1. The van der Waals surface area contributed by atoms with Gasteiger partial charge in [0.2, 0.25) is 0 Å². The van der Waals surface area contributed by atoms with Gasteiger partial charge in [-0.05, 0) is 61.9 Å². The molecule has 5 nitrogen and oxygen atoms in total. The summed E-state index contributed by atoms with van der Waals surface area (Å²) in [5.74, 6) is -0.201. The number of hydrogen-bond acceptors (Lipinski definition) is 5. The van der Waals surface area contributed by atoms with E-state index in [1.807, 2.05) is 12.1 Å². The van der Waals surface area contributed by atoms with Crippen molar-refractivity contribution < 1.29 is 9.53 Å². The van der Waals surface area contributed by atoms with E-state index in [0.717, 1.165) is 43.0 Å². The fourth-order valence-electron chi connectivity index (χ4n) is 4.16. The molecular formula is C18H23N3O2. The van der Waals surface area contributed by atoms with Crippen molar-refractivity contribution in [3.8, 4) is 0 Å².